The standard InChI is InChI=1S/C27H40O5/c1-16(6-9-24(30)31-5)20-7-8-21-25-22(11-13-27(20,21)4)26(3)12-10-19(32-17(2)28)14-18(26)15-23(25)29/h15-16,19-22,25H,6-14H2,1-5H3/t16-,19+,20+,21-,22-,25-,26+,27+/m1/s1. The number of allylic oxidation sites excluding steroid dienone is 1. The fourth-order valence-corrected chi connectivity index (χ4v) is 8.33. The Hall–Kier alpha value is -1.65. The minimum Gasteiger partial charge on any atom is -0.469 e. The molecule has 178 valence electrons. The molecule has 0 aromatic rings. The smallest absolute Gasteiger partial charge is 0.305 e. The van der Waals surface area contributed by atoms with Crippen molar-refractivity contribution in [3.8, 4) is 0 Å². The van der Waals surface area contributed by atoms with Gasteiger partial charge in [0.2, 0.25) is 0 Å². The highest BCUT2D eigenvalue weighted by Crippen LogP contribution is 2.66. The van der Waals surface area contributed by atoms with Gasteiger partial charge in [0, 0.05) is 25.7 Å². The van der Waals surface area contributed by atoms with Gasteiger partial charge in [0.25, 0.3) is 0 Å². The van der Waals surface area contributed by atoms with Gasteiger partial charge in [0.1, 0.15) is 6.10 Å². The molecular weight excluding hydrogens is 404 g/mol. The van der Waals surface area contributed by atoms with Crippen LogP contribution >= 0.6 is 0 Å². The van der Waals surface area contributed by atoms with Crippen molar-refractivity contribution >= 4 is 17.7 Å². The first-order chi connectivity index (χ1) is 15.1. The molecule has 4 aliphatic carbocycles. The van der Waals surface area contributed by atoms with E-state index in [1.54, 1.807) is 0 Å². The van der Waals surface area contributed by atoms with Gasteiger partial charge in [0.05, 0.1) is 7.11 Å². The van der Waals surface area contributed by atoms with Crippen molar-refractivity contribution in [2.24, 2.45) is 40.4 Å². The molecule has 0 aliphatic heterocycles. The van der Waals surface area contributed by atoms with Crippen LogP contribution in [0.25, 0.3) is 0 Å². The maximum absolute atomic E-state index is 13.5. The first kappa shape index (κ1) is 23.5. The van der Waals surface area contributed by atoms with Gasteiger partial charge in [-0.2, -0.15) is 0 Å². The van der Waals surface area contributed by atoms with Crippen LogP contribution in [0.5, 0.6) is 0 Å². The largest absolute Gasteiger partial charge is 0.469 e. The van der Waals surface area contributed by atoms with Crippen LogP contribution in [-0.2, 0) is 23.9 Å². The van der Waals surface area contributed by atoms with Crippen molar-refractivity contribution in [3.63, 3.8) is 0 Å². The molecule has 4 aliphatic rings. The summed E-state index contributed by atoms with van der Waals surface area (Å²) in [6.07, 6.45) is 10.3. The molecule has 4 rings (SSSR count). The number of rotatable bonds is 5. The summed E-state index contributed by atoms with van der Waals surface area (Å²) in [6.45, 7) is 8.54. The Morgan fingerprint density at radius 3 is 2.56 bits per heavy atom. The van der Waals surface area contributed by atoms with E-state index in [0.717, 1.165) is 44.9 Å². The summed E-state index contributed by atoms with van der Waals surface area (Å²) in [5.74, 6) is 1.92. The third-order valence-corrected chi connectivity index (χ3v) is 10.0. The van der Waals surface area contributed by atoms with Gasteiger partial charge >= 0.3 is 11.9 Å². The summed E-state index contributed by atoms with van der Waals surface area (Å²) < 4.78 is 10.4. The highest BCUT2D eigenvalue weighted by molar-refractivity contribution is 5.94. The van der Waals surface area contributed by atoms with Crippen LogP contribution in [-0.4, -0.2) is 30.9 Å². The lowest BCUT2D eigenvalue weighted by Gasteiger charge is -2.57. The Bertz CT molecular complexity index is 815. The maximum Gasteiger partial charge on any atom is 0.305 e. The van der Waals surface area contributed by atoms with Crippen LogP contribution in [0.2, 0.25) is 0 Å². The quantitative estimate of drug-likeness (QED) is 0.541. The monoisotopic (exact) mass is 444 g/mol. The average Bonchev–Trinajstić information content (AvgIpc) is 3.09. The predicted octanol–water partition coefficient (Wildman–Crippen LogP) is 5.27. The van der Waals surface area contributed by atoms with E-state index in [9.17, 15) is 14.4 Å². The van der Waals surface area contributed by atoms with Crippen LogP contribution in [0.3, 0.4) is 0 Å². The van der Waals surface area contributed by atoms with Crippen LogP contribution < -0.4 is 0 Å². The van der Waals surface area contributed by atoms with Crippen LogP contribution in [0, 0.1) is 40.4 Å². The lowest BCUT2D eigenvalue weighted by Crippen LogP contribution is -2.53. The maximum atomic E-state index is 13.5. The van der Waals surface area contributed by atoms with E-state index in [2.05, 4.69) is 20.8 Å². The molecule has 0 heterocycles. The van der Waals surface area contributed by atoms with E-state index >= 15 is 0 Å². The van der Waals surface area contributed by atoms with Gasteiger partial charge in [-0.25, -0.2) is 0 Å². The van der Waals surface area contributed by atoms with Gasteiger partial charge < -0.3 is 9.47 Å². The summed E-state index contributed by atoms with van der Waals surface area (Å²) in [7, 11) is 1.46. The van der Waals surface area contributed by atoms with Gasteiger partial charge in [-0.15, -0.1) is 0 Å². The molecule has 3 fully saturated rings. The van der Waals surface area contributed by atoms with Crippen molar-refractivity contribution in [3.05, 3.63) is 11.6 Å². The number of fused-ring (bicyclic) bond motifs is 5. The lowest BCUT2D eigenvalue weighted by molar-refractivity contribution is -0.149. The lowest BCUT2D eigenvalue weighted by atomic mass is 9.46. The summed E-state index contributed by atoms with van der Waals surface area (Å²) in [5.41, 5.74) is 1.43. The Kier molecular flexibility index (Phi) is 6.32. The topological polar surface area (TPSA) is 69.7 Å². The normalized spacial score (nSPS) is 41.6. The molecule has 3 saturated carbocycles. The minimum absolute atomic E-state index is 0.0468. The summed E-state index contributed by atoms with van der Waals surface area (Å²) >= 11 is 0. The second-order valence-corrected chi connectivity index (χ2v) is 11.5. The van der Waals surface area contributed by atoms with E-state index in [1.165, 1.54) is 19.6 Å². The minimum atomic E-state index is -0.231. The van der Waals surface area contributed by atoms with Crippen molar-refractivity contribution in [2.45, 2.75) is 91.6 Å². The van der Waals surface area contributed by atoms with Crippen LogP contribution in [0.1, 0.15) is 85.5 Å². The summed E-state index contributed by atoms with van der Waals surface area (Å²) in [4.78, 5) is 36.7. The van der Waals surface area contributed by atoms with E-state index in [-0.39, 0.29) is 34.8 Å². The van der Waals surface area contributed by atoms with Crippen LogP contribution in [0.15, 0.2) is 11.6 Å². The number of methoxy groups -OCH3 is 1. The zero-order valence-corrected chi connectivity index (χ0v) is 20.4. The molecule has 5 heteroatoms. The number of carbonyl (C=O) groups is 3. The second kappa shape index (κ2) is 8.61. The summed E-state index contributed by atoms with van der Waals surface area (Å²) in [6, 6.07) is 0. The number of hydrogen-bond donors (Lipinski definition) is 0. The zero-order valence-electron chi connectivity index (χ0n) is 20.4. The molecule has 0 aromatic heterocycles. The van der Waals surface area contributed by atoms with Gasteiger partial charge in [-0.1, -0.05) is 26.3 Å². The first-order valence-corrected chi connectivity index (χ1v) is 12.6. The molecule has 0 saturated heterocycles. The molecule has 8 atom stereocenters. The van der Waals surface area contributed by atoms with Gasteiger partial charge in [-0.3, -0.25) is 14.4 Å². The molecule has 0 N–H and O–H groups in total. The molecule has 0 radical (unpaired) electrons. The highest BCUT2D eigenvalue weighted by atomic mass is 16.5. The van der Waals surface area contributed by atoms with Crippen molar-refractivity contribution in [1.29, 1.82) is 0 Å². The number of ketones is 1. The predicted molar refractivity (Wildman–Crippen MR) is 122 cm³/mol. The SMILES string of the molecule is COC(=O)CC[C@@H](C)[C@@H]1CC[C@@H]2[C@H]3C(=O)C=C4C[C@@H](OC(C)=O)CC[C@]4(C)[C@@H]3CC[C@]21C. The molecular formula is C27H40O5. The molecule has 0 bridgehead atoms. The van der Waals surface area contributed by atoms with Gasteiger partial charge in [0.15, 0.2) is 5.78 Å². The molecule has 0 amide bonds. The van der Waals surface area contributed by atoms with Crippen molar-refractivity contribution < 1.29 is 23.9 Å². The number of hydrogen-bond acceptors (Lipinski definition) is 5. The first-order valence-electron chi connectivity index (χ1n) is 12.6. The summed E-state index contributed by atoms with van der Waals surface area (Å²) in [5, 5.41) is 0. The van der Waals surface area contributed by atoms with Crippen molar-refractivity contribution in [1.82, 2.24) is 0 Å². The van der Waals surface area contributed by atoms with Crippen LogP contribution in [0.4, 0.5) is 0 Å². The highest BCUT2D eigenvalue weighted by Gasteiger charge is 2.61. The molecule has 32 heavy (non-hydrogen) atoms. The van der Waals surface area contributed by atoms with E-state index < -0.39 is 0 Å². The fraction of sp³-hybridized carbons (Fsp3) is 0.815. The Balaban J connectivity index is 1.54. The molecule has 0 aromatic carbocycles. The van der Waals surface area contributed by atoms with Crippen molar-refractivity contribution in [2.75, 3.05) is 7.11 Å². The third kappa shape index (κ3) is 3.84. The number of carbonyl (C=O) groups excluding carboxylic acids is 3. The number of ether oxygens (including phenoxy) is 2. The number of esters is 2. The zero-order chi connectivity index (χ0) is 23.3. The Morgan fingerprint density at radius 1 is 1.12 bits per heavy atom. The van der Waals surface area contributed by atoms with E-state index in [4.69, 9.17) is 9.47 Å². The molecule has 5 nitrogen and oxygen atoms in total. The molecule has 0 unspecified atom stereocenters. The van der Waals surface area contributed by atoms with Gasteiger partial charge in [-0.05, 0) is 85.5 Å². The van der Waals surface area contributed by atoms with E-state index in [0.29, 0.717) is 42.3 Å². The van der Waals surface area contributed by atoms with E-state index in [1.807, 2.05) is 6.08 Å². The Morgan fingerprint density at radius 2 is 1.88 bits per heavy atom. The second-order valence-electron chi connectivity index (χ2n) is 11.5. The average molecular weight is 445 g/mol. The molecule has 0 spiro atoms. The Labute approximate surface area is 192 Å². The fourth-order valence-electron chi connectivity index (χ4n) is 8.33. The third-order valence-electron chi connectivity index (χ3n) is 10.0.